The molecular weight excluding hydrogens is 238 g/mol. The highest BCUT2D eigenvalue weighted by Crippen LogP contribution is 2.23. The van der Waals surface area contributed by atoms with Gasteiger partial charge in [-0.1, -0.05) is 6.92 Å². The van der Waals surface area contributed by atoms with E-state index in [4.69, 9.17) is 0 Å². The summed E-state index contributed by atoms with van der Waals surface area (Å²) in [6.45, 7) is 12.6. The van der Waals surface area contributed by atoms with Crippen molar-refractivity contribution in [1.29, 1.82) is 0 Å². The maximum Gasteiger partial charge on any atom is 0.227 e. The summed E-state index contributed by atoms with van der Waals surface area (Å²) in [5.74, 6) is 1.43. The smallest absolute Gasteiger partial charge is 0.227 e. The Morgan fingerprint density at radius 3 is 2.68 bits per heavy atom. The SMILES string of the molecule is [CH2]CCC=Nc1nc(N(CC)CC)ncc1NCC. The minimum absolute atomic E-state index is 0.701. The standard InChI is InChI=1S/C14H24N5/c1-5-9-10-16-13-12(15-6-2)11-17-14(18-13)19(7-3)8-4/h10-11,15H,1,5-9H2,2-4H3. The highest BCUT2D eigenvalue weighted by atomic mass is 15.3. The first kappa shape index (κ1) is 15.4. The maximum atomic E-state index is 4.54. The van der Waals surface area contributed by atoms with Crippen molar-refractivity contribution in [2.24, 2.45) is 4.99 Å². The van der Waals surface area contributed by atoms with Gasteiger partial charge in [0.15, 0.2) is 5.82 Å². The van der Waals surface area contributed by atoms with Crippen molar-refractivity contribution in [2.45, 2.75) is 33.6 Å². The van der Waals surface area contributed by atoms with Crippen LogP contribution >= 0.6 is 0 Å². The Kier molecular flexibility index (Phi) is 6.85. The Hall–Kier alpha value is -1.65. The second kappa shape index (κ2) is 8.45. The molecule has 0 saturated carbocycles. The number of aliphatic imine (C=N–C) groups is 1. The largest absolute Gasteiger partial charge is 0.381 e. The highest BCUT2D eigenvalue weighted by Gasteiger charge is 2.09. The van der Waals surface area contributed by atoms with Gasteiger partial charge in [0.1, 0.15) is 0 Å². The van der Waals surface area contributed by atoms with Gasteiger partial charge in [0.05, 0.1) is 11.9 Å². The van der Waals surface area contributed by atoms with Crippen LogP contribution in [0, 0.1) is 6.92 Å². The highest BCUT2D eigenvalue weighted by molar-refractivity contribution is 5.69. The molecule has 0 aliphatic carbocycles. The minimum Gasteiger partial charge on any atom is -0.381 e. The van der Waals surface area contributed by atoms with Crippen molar-refractivity contribution in [2.75, 3.05) is 29.9 Å². The zero-order chi connectivity index (χ0) is 14.1. The molecule has 0 fully saturated rings. The molecule has 1 rings (SSSR count). The van der Waals surface area contributed by atoms with Gasteiger partial charge in [0.25, 0.3) is 0 Å². The molecule has 0 spiro atoms. The molecule has 1 N–H and O–H groups in total. The summed E-state index contributed by atoms with van der Waals surface area (Å²) >= 11 is 0. The van der Waals surface area contributed by atoms with Crippen LogP contribution in [0.1, 0.15) is 33.6 Å². The van der Waals surface area contributed by atoms with E-state index in [1.165, 1.54) is 0 Å². The Bertz CT molecular complexity index is 399. The van der Waals surface area contributed by atoms with E-state index in [0.717, 1.165) is 44.1 Å². The molecule has 0 bridgehead atoms. The molecule has 0 unspecified atom stereocenters. The topological polar surface area (TPSA) is 53.4 Å². The molecule has 1 aromatic rings. The molecule has 19 heavy (non-hydrogen) atoms. The van der Waals surface area contributed by atoms with E-state index in [2.05, 4.69) is 45.9 Å². The van der Waals surface area contributed by atoms with Gasteiger partial charge in [-0.3, -0.25) is 0 Å². The number of nitrogens with zero attached hydrogens (tertiary/aromatic N) is 4. The van der Waals surface area contributed by atoms with Gasteiger partial charge in [0.2, 0.25) is 5.95 Å². The third kappa shape index (κ3) is 4.50. The van der Waals surface area contributed by atoms with E-state index in [0.29, 0.717) is 5.82 Å². The fourth-order valence-corrected chi connectivity index (χ4v) is 1.68. The monoisotopic (exact) mass is 262 g/mol. The predicted molar refractivity (Wildman–Crippen MR) is 82.5 cm³/mol. The Morgan fingerprint density at radius 1 is 1.37 bits per heavy atom. The van der Waals surface area contributed by atoms with E-state index in [9.17, 15) is 0 Å². The second-order valence-corrected chi connectivity index (χ2v) is 4.06. The number of unbranched alkanes of at least 4 members (excludes halogenated alkanes) is 1. The molecule has 0 aliphatic heterocycles. The summed E-state index contributed by atoms with van der Waals surface area (Å²) in [5.41, 5.74) is 0.874. The van der Waals surface area contributed by atoms with Crippen LogP contribution in [0.25, 0.3) is 0 Å². The van der Waals surface area contributed by atoms with Crippen LogP contribution in [-0.2, 0) is 0 Å². The Balaban J connectivity index is 3.02. The summed E-state index contributed by atoms with van der Waals surface area (Å²) in [6, 6.07) is 0. The van der Waals surface area contributed by atoms with Crippen LogP contribution in [0.15, 0.2) is 11.2 Å². The lowest BCUT2D eigenvalue weighted by atomic mass is 10.4. The zero-order valence-electron chi connectivity index (χ0n) is 12.2. The first-order valence-corrected chi connectivity index (χ1v) is 6.94. The molecule has 0 aliphatic rings. The van der Waals surface area contributed by atoms with Gasteiger partial charge in [-0.05, 0) is 33.6 Å². The molecule has 0 amide bonds. The van der Waals surface area contributed by atoms with Crippen LogP contribution in [0.3, 0.4) is 0 Å². The molecule has 1 aromatic heterocycles. The van der Waals surface area contributed by atoms with E-state index >= 15 is 0 Å². The zero-order valence-corrected chi connectivity index (χ0v) is 12.2. The second-order valence-electron chi connectivity index (χ2n) is 4.06. The Morgan fingerprint density at radius 2 is 2.11 bits per heavy atom. The fourth-order valence-electron chi connectivity index (χ4n) is 1.68. The Labute approximate surface area is 116 Å². The van der Waals surface area contributed by atoms with Crippen LogP contribution in [0.4, 0.5) is 17.5 Å². The van der Waals surface area contributed by atoms with Gasteiger partial charge < -0.3 is 10.2 Å². The summed E-state index contributed by atoms with van der Waals surface area (Å²) in [7, 11) is 0. The number of anilines is 2. The number of nitrogens with one attached hydrogen (secondary N) is 1. The lowest BCUT2D eigenvalue weighted by molar-refractivity contribution is 0.821. The van der Waals surface area contributed by atoms with Crippen molar-refractivity contribution >= 4 is 23.7 Å². The van der Waals surface area contributed by atoms with Gasteiger partial charge in [-0.2, -0.15) is 4.98 Å². The number of hydrogen-bond donors (Lipinski definition) is 1. The molecule has 1 radical (unpaired) electrons. The fraction of sp³-hybridized carbons (Fsp3) is 0.571. The van der Waals surface area contributed by atoms with Crippen molar-refractivity contribution in [3.8, 4) is 0 Å². The lowest BCUT2D eigenvalue weighted by Crippen LogP contribution is -2.24. The lowest BCUT2D eigenvalue weighted by Gasteiger charge is -2.19. The molecule has 1 heterocycles. The molecule has 0 saturated heterocycles. The molecule has 5 nitrogen and oxygen atoms in total. The van der Waals surface area contributed by atoms with E-state index < -0.39 is 0 Å². The third-order valence-electron chi connectivity index (χ3n) is 2.72. The van der Waals surface area contributed by atoms with E-state index in [1.54, 1.807) is 6.20 Å². The molecular formula is C14H24N5. The summed E-state index contributed by atoms with van der Waals surface area (Å²) in [5, 5.41) is 3.23. The van der Waals surface area contributed by atoms with Crippen molar-refractivity contribution in [3.05, 3.63) is 13.1 Å². The van der Waals surface area contributed by atoms with Gasteiger partial charge in [-0.15, -0.1) is 0 Å². The summed E-state index contributed by atoms with van der Waals surface area (Å²) in [6.07, 6.45) is 5.37. The maximum absolute atomic E-state index is 4.54. The normalized spacial score (nSPS) is 10.9. The van der Waals surface area contributed by atoms with Crippen LogP contribution < -0.4 is 10.2 Å². The van der Waals surface area contributed by atoms with Gasteiger partial charge >= 0.3 is 0 Å². The quantitative estimate of drug-likeness (QED) is 0.731. The first-order chi connectivity index (χ1) is 9.26. The number of hydrogen-bond acceptors (Lipinski definition) is 5. The van der Waals surface area contributed by atoms with Crippen LogP contribution in [-0.4, -0.2) is 35.8 Å². The summed E-state index contributed by atoms with van der Waals surface area (Å²) in [4.78, 5) is 15.5. The predicted octanol–water partition coefficient (Wildman–Crippen LogP) is 3.07. The van der Waals surface area contributed by atoms with Crippen LogP contribution in [0.2, 0.25) is 0 Å². The third-order valence-corrected chi connectivity index (χ3v) is 2.72. The molecule has 105 valence electrons. The van der Waals surface area contributed by atoms with Crippen molar-refractivity contribution < 1.29 is 0 Å². The molecule has 5 heteroatoms. The van der Waals surface area contributed by atoms with Crippen molar-refractivity contribution in [3.63, 3.8) is 0 Å². The van der Waals surface area contributed by atoms with E-state index in [-0.39, 0.29) is 0 Å². The average molecular weight is 262 g/mol. The summed E-state index contributed by atoms with van der Waals surface area (Å²) < 4.78 is 0. The van der Waals surface area contributed by atoms with Gasteiger partial charge in [0, 0.05) is 25.8 Å². The minimum atomic E-state index is 0.701. The molecule has 0 aromatic carbocycles. The first-order valence-electron chi connectivity index (χ1n) is 6.94. The number of aromatic nitrogens is 2. The number of rotatable bonds is 8. The van der Waals surface area contributed by atoms with Crippen molar-refractivity contribution in [1.82, 2.24) is 9.97 Å². The average Bonchev–Trinajstić information content (AvgIpc) is 2.43. The van der Waals surface area contributed by atoms with Gasteiger partial charge in [-0.25, -0.2) is 9.98 Å². The van der Waals surface area contributed by atoms with Crippen LogP contribution in [0.5, 0.6) is 0 Å². The van der Waals surface area contributed by atoms with E-state index in [1.807, 2.05) is 13.1 Å². The molecule has 0 atom stereocenters.